The summed E-state index contributed by atoms with van der Waals surface area (Å²) in [7, 11) is 0. The summed E-state index contributed by atoms with van der Waals surface area (Å²) >= 11 is 0. The van der Waals surface area contributed by atoms with Gasteiger partial charge in [-0.05, 0) is 6.42 Å². The fourth-order valence-electron chi connectivity index (χ4n) is 0.846. The zero-order valence-electron chi connectivity index (χ0n) is 7.50. The third kappa shape index (κ3) is 2.79. The molecule has 7 heteroatoms. The molecule has 0 saturated heterocycles. The van der Waals surface area contributed by atoms with Crippen molar-refractivity contribution in [2.45, 2.75) is 6.42 Å². The summed E-state index contributed by atoms with van der Waals surface area (Å²) in [6.45, 7) is 0.482. The highest BCUT2D eigenvalue weighted by molar-refractivity contribution is 5.40. The van der Waals surface area contributed by atoms with Crippen LogP contribution in [0.2, 0.25) is 0 Å². The molecule has 1 heterocycles. The molecule has 0 aliphatic rings. The van der Waals surface area contributed by atoms with Gasteiger partial charge in [0.05, 0.1) is 6.20 Å². The highest BCUT2D eigenvalue weighted by Crippen LogP contribution is 2.10. The van der Waals surface area contributed by atoms with Gasteiger partial charge in [-0.15, -0.1) is 0 Å². The Labute approximate surface area is 80.3 Å². The minimum absolute atomic E-state index is 0.0434. The standard InChI is InChI=1S/C7H12FN5O/c8-5-4-11-7(13-9)12-6(5)10-2-1-3-14/h4,14H,1-3,9H2,(H2,10,11,12,13). The molecule has 78 valence electrons. The molecule has 0 spiro atoms. The van der Waals surface area contributed by atoms with Crippen molar-refractivity contribution in [3.8, 4) is 0 Å². The first-order valence-corrected chi connectivity index (χ1v) is 4.12. The Morgan fingerprint density at radius 2 is 2.36 bits per heavy atom. The lowest BCUT2D eigenvalue weighted by molar-refractivity contribution is 0.292. The van der Waals surface area contributed by atoms with Crippen LogP contribution in [0.15, 0.2) is 6.20 Å². The van der Waals surface area contributed by atoms with Crippen LogP contribution in [0.25, 0.3) is 0 Å². The van der Waals surface area contributed by atoms with E-state index in [4.69, 9.17) is 10.9 Å². The minimum Gasteiger partial charge on any atom is -0.396 e. The SMILES string of the molecule is NNc1ncc(F)c(NCCCO)n1. The van der Waals surface area contributed by atoms with Gasteiger partial charge in [0.1, 0.15) is 0 Å². The second kappa shape index (κ2) is 5.30. The van der Waals surface area contributed by atoms with Crippen molar-refractivity contribution in [3.05, 3.63) is 12.0 Å². The van der Waals surface area contributed by atoms with Gasteiger partial charge in [0.2, 0.25) is 5.95 Å². The zero-order valence-corrected chi connectivity index (χ0v) is 7.50. The Morgan fingerprint density at radius 1 is 1.57 bits per heavy atom. The fraction of sp³-hybridized carbons (Fsp3) is 0.429. The van der Waals surface area contributed by atoms with Gasteiger partial charge < -0.3 is 10.4 Å². The number of anilines is 2. The molecule has 14 heavy (non-hydrogen) atoms. The predicted octanol–water partition coefficient (Wildman–Crippen LogP) is -0.304. The van der Waals surface area contributed by atoms with E-state index in [1.54, 1.807) is 0 Å². The third-order valence-corrected chi connectivity index (χ3v) is 1.50. The van der Waals surface area contributed by atoms with Crippen LogP contribution in [0, 0.1) is 5.82 Å². The number of hydrogen-bond acceptors (Lipinski definition) is 6. The molecule has 1 aromatic heterocycles. The summed E-state index contributed by atoms with van der Waals surface area (Å²) in [5.41, 5.74) is 2.21. The Bertz CT molecular complexity index is 295. The second-order valence-corrected chi connectivity index (χ2v) is 2.54. The summed E-state index contributed by atoms with van der Waals surface area (Å²) in [5.74, 6) is 4.71. The van der Waals surface area contributed by atoms with Crippen LogP contribution in [-0.4, -0.2) is 28.2 Å². The van der Waals surface area contributed by atoms with Crippen LogP contribution in [0.4, 0.5) is 16.2 Å². The zero-order chi connectivity index (χ0) is 10.4. The summed E-state index contributed by atoms with van der Waals surface area (Å²) in [6, 6.07) is 0. The third-order valence-electron chi connectivity index (χ3n) is 1.50. The van der Waals surface area contributed by atoms with Crippen LogP contribution in [-0.2, 0) is 0 Å². The summed E-state index contributed by atoms with van der Waals surface area (Å²) in [4.78, 5) is 7.32. The second-order valence-electron chi connectivity index (χ2n) is 2.54. The number of nitrogens with two attached hydrogens (primary N) is 1. The molecule has 0 aliphatic heterocycles. The van der Waals surface area contributed by atoms with Gasteiger partial charge in [0, 0.05) is 13.2 Å². The van der Waals surface area contributed by atoms with Crippen LogP contribution < -0.4 is 16.6 Å². The van der Waals surface area contributed by atoms with Crippen LogP contribution in [0.3, 0.4) is 0 Å². The van der Waals surface area contributed by atoms with Crippen LogP contribution in [0.5, 0.6) is 0 Å². The molecule has 0 fully saturated rings. The Kier molecular flexibility index (Phi) is 4.02. The minimum atomic E-state index is -0.554. The number of hydrogen-bond donors (Lipinski definition) is 4. The van der Waals surface area contributed by atoms with Crippen LogP contribution >= 0.6 is 0 Å². The van der Waals surface area contributed by atoms with Gasteiger partial charge in [-0.1, -0.05) is 0 Å². The first-order chi connectivity index (χ1) is 6.77. The molecule has 0 aliphatic carbocycles. The molecule has 0 atom stereocenters. The molecular weight excluding hydrogens is 189 g/mol. The van der Waals surface area contributed by atoms with E-state index in [1.165, 1.54) is 0 Å². The predicted molar refractivity (Wildman–Crippen MR) is 50.0 cm³/mol. The molecule has 1 rings (SSSR count). The largest absolute Gasteiger partial charge is 0.396 e. The van der Waals surface area contributed by atoms with Gasteiger partial charge in [0.25, 0.3) is 0 Å². The lowest BCUT2D eigenvalue weighted by Gasteiger charge is -2.06. The number of aliphatic hydroxyl groups is 1. The van der Waals surface area contributed by atoms with Crippen molar-refractivity contribution in [2.75, 3.05) is 23.9 Å². The summed E-state index contributed by atoms with van der Waals surface area (Å²) in [6.07, 6.45) is 1.54. The number of aliphatic hydroxyl groups excluding tert-OH is 1. The molecular formula is C7H12FN5O. The van der Waals surface area contributed by atoms with E-state index in [0.717, 1.165) is 6.20 Å². The van der Waals surface area contributed by atoms with Crippen molar-refractivity contribution in [1.29, 1.82) is 0 Å². The van der Waals surface area contributed by atoms with Crippen molar-refractivity contribution >= 4 is 11.8 Å². The highest BCUT2D eigenvalue weighted by Gasteiger charge is 2.04. The topological polar surface area (TPSA) is 96.1 Å². The molecule has 0 unspecified atom stereocenters. The van der Waals surface area contributed by atoms with Gasteiger partial charge in [0.15, 0.2) is 11.6 Å². The Hall–Kier alpha value is -1.47. The van der Waals surface area contributed by atoms with E-state index < -0.39 is 5.82 Å². The molecule has 0 saturated carbocycles. The van der Waals surface area contributed by atoms with E-state index in [-0.39, 0.29) is 18.4 Å². The number of nitrogen functional groups attached to an aromatic ring is 1. The van der Waals surface area contributed by atoms with E-state index in [9.17, 15) is 4.39 Å². The fourth-order valence-corrected chi connectivity index (χ4v) is 0.846. The van der Waals surface area contributed by atoms with Crippen molar-refractivity contribution in [1.82, 2.24) is 9.97 Å². The molecule has 5 N–H and O–H groups in total. The molecule has 0 bridgehead atoms. The normalized spacial score (nSPS) is 9.93. The quantitative estimate of drug-likeness (QED) is 0.296. The van der Waals surface area contributed by atoms with Crippen molar-refractivity contribution < 1.29 is 9.50 Å². The number of rotatable bonds is 5. The van der Waals surface area contributed by atoms with Gasteiger partial charge in [-0.2, -0.15) is 4.98 Å². The molecule has 6 nitrogen and oxygen atoms in total. The maximum atomic E-state index is 13.0. The van der Waals surface area contributed by atoms with Gasteiger partial charge in [-0.25, -0.2) is 15.2 Å². The number of halogens is 1. The summed E-state index contributed by atoms with van der Waals surface area (Å²) < 4.78 is 13.0. The summed E-state index contributed by atoms with van der Waals surface area (Å²) in [5, 5.41) is 11.2. The highest BCUT2D eigenvalue weighted by atomic mass is 19.1. The average molecular weight is 201 g/mol. The molecule has 1 aromatic rings. The number of nitrogens with one attached hydrogen (secondary N) is 2. The first kappa shape index (κ1) is 10.6. The van der Waals surface area contributed by atoms with Gasteiger partial charge in [-0.3, -0.25) is 5.43 Å². The maximum absolute atomic E-state index is 13.0. The number of aromatic nitrogens is 2. The lowest BCUT2D eigenvalue weighted by atomic mass is 10.4. The van der Waals surface area contributed by atoms with E-state index in [2.05, 4.69) is 20.7 Å². The average Bonchev–Trinajstić information content (AvgIpc) is 2.21. The Balaban J connectivity index is 2.64. The Morgan fingerprint density at radius 3 is 3.00 bits per heavy atom. The smallest absolute Gasteiger partial charge is 0.239 e. The maximum Gasteiger partial charge on any atom is 0.239 e. The molecule has 0 aromatic carbocycles. The van der Waals surface area contributed by atoms with Crippen molar-refractivity contribution in [3.63, 3.8) is 0 Å². The van der Waals surface area contributed by atoms with Gasteiger partial charge >= 0.3 is 0 Å². The number of nitrogens with zero attached hydrogens (tertiary/aromatic N) is 2. The van der Waals surface area contributed by atoms with Crippen LogP contribution in [0.1, 0.15) is 6.42 Å². The molecule has 0 radical (unpaired) electrons. The van der Waals surface area contributed by atoms with E-state index in [1.807, 2.05) is 0 Å². The molecule has 0 amide bonds. The van der Waals surface area contributed by atoms with E-state index >= 15 is 0 Å². The van der Waals surface area contributed by atoms with E-state index in [0.29, 0.717) is 13.0 Å². The number of hydrazine groups is 1. The van der Waals surface area contributed by atoms with Crippen molar-refractivity contribution in [2.24, 2.45) is 5.84 Å². The first-order valence-electron chi connectivity index (χ1n) is 4.12. The monoisotopic (exact) mass is 201 g/mol. The lowest BCUT2D eigenvalue weighted by Crippen LogP contribution is -2.13.